The zero-order valence-electron chi connectivity index (χ0n) is 12.1. The minimum absolute atomic E-state index is 0.0588. The van der Waals surface area contributed by atoms with Gasteiger partial charge in [0.1, 0.15) is 5.65 Å². The highest BCUT2D eigenvalue weighted by molar-refractivity contribution is 7.99. The van der Waals surface area contributed by atoms with E-state index < -0.39 is 5.97 Å². The van der Waals surface area contributed by atoms with Crippen LogP contribution in [0.5, 0.6) is 0 Å². The van der Waals surface area contributed by atoms with Crippen molar-refractivity contribution in [2.75, 3.05) is 0 Å². The van der Waals surface area contributed by atoms with Crippen LogP contribution in [0.4, 0.5) is 0 Å². The second-order valence-electron chi connectivity index (χ2n) is 5.21. The van der Waals surface area contributed by atoms with Crippen molar-refractivity contribution in [1.29, 1.82) is 0 Å². The Labute approximate surface area is 130 Å². The Hall–Kier alpha value is -2.34. The summed E-state index contributed by atoms with van der Waals surface area (Å²) in [6, 6.07) is 8.57. The first-order valence-corrected chi connectivity index (χ1v) is 7.70. The summed E-state index contributed by atoms with van der Waals surface area (Å²) in [5.41, 5.74) is 0.853. The molecule has 0 saturated carbocycles. The molecule has 0 amide bonds. The SMILES string of the molecule is CC(C)Sc1ccc2nc3ccc(C(=O)O)cn3c(=O)c2c1. The van der Waals surface area contributed by atoms with Gasteiger partial charge in [-0.3, -0.25) is 9.20 Å². The van der Waals surface area contributed by atoms with Gasteiger partial charge in [-0.25, -0.2) is 9.78 Å². The van der Waals surface area contributed by atoms with Gasteiger partial charge in [0.25, 0.3) is 5.56 Å². The molecule has 3 aromatic rings. The molecule has 0 atom stereocenters. The molecule has 112 valence electrons. The molecular formula is C16H14N2O3S. The van der Waals surface area contributed by atoms with E-state index in [1.165, 1.54) is 16.7 Å². The average Bonchev–Trinajstić information content (AvgIpc) is 2.47. The first-order chi connectivity index (χ1) is 10.5. The minimum Gasteiger partial charge on any atom is -0.478 e. The van der Waals surface area contributed by atoms with Gasteiger partial charge in [0.05, 0.1) is 16.5 Å². The second-order valence-corrected chi connectivity index (χ2v) is 6.86. The molecule has 0 aliphatic rings. The van der Waals surface area contributed by atoms with Crippen LogP contribution in [0.1, 0.15) is 24.2 Å². The number of nitrogens with zero attached hydrogens (tertiary/aromatic N) is 2. The summed E-state index contributed by atoms with van der Waals surface area (Å²) in [7, 11) is 0. The number of carboxylic acid groups (broad SMARTS) is 1. The lowest BCUT2D eigenvalue weighted by atomic mass is 10.2. The van der Waals surface area contributed by atoms with Gasteiger partial charge < -0.3 is 5.11 Å². The fourth-order valence-electron chi connectivity index (χ4n) is 2.26. The number of pyridine rings is 1. The predicted octanol–water partition coefficient (Wildman–Crippen LogP) is 3.05. The summed E-state index contributed by atoms with van der Waals surface area (Å²) in [6.45, 7) is 4.17. The Balaban J connectivity index is 2.29. The van der Waals surface area contributed by atoms with Crippen LogP contribution >= 0.6 is 11.8 Å². The Morgan fingerprint density at radius 3 is 2.73 bits per heavy atom. The molecule has 1 N–H and O–H groups in total. The molecule has 2 heterocycles. The molecule has 3 rings (SSSR count). The maximum absolute atomic E-state index is 12.6. The average molecular weight is 314 g/mol. The van der Waals surface area contributed by atoms with E-state index in [-0.39, 0.29) is 11.1 Å². The van der Waals surface area contributed by atoms with Crippen molar-refractivity contribution in [2.24, 2.45) is 0 Å². The van der Waals surface area contributed by atoms with Crippen LogP contribution in [-0.2, 0) is 0 Å². The van der Waals surface area contributed by atoms with Gasteiger partial charge in [0.15, 0.2) is 0 Å². The molecule has 6 heteroatoms. The summed E-state index contributed by atoms with van der Waals surface area (Å²) in [5, 5.41) is 9.95. The Morgan fingerprint density at radius 2 is 2.05 bits per heavy atom. The molecule has 0 unspecified atom stereocenters. The van der Waals surface area contributed by atoms with Crippen molar-refractivity contribution < 1.29 is 9.90 Å². The third-order valence-corrected chi connectivity index (χ3v) is 4.20. The zero-order chi connectivity index (χ0) is 15.9. The molecule has 0 bridgehead atoms. The molecule has 0 aliphatic heterocycles. The second kappa shape index (κ2) is 5.46. The number of hydrogen-bond donors (Lipinski definition) is 1. The van der Waals surface area contributed by atoms with E-state index in [0.717, 1.165) is 4.90 Å². The molecule has 0 saturated heterocycles. The smallest absolute Gasteiger partial charge is 0.337 e. The predicted molar refractivity (Wildman–Crippen MR) is 86.9 cm³/mol. The van der Waals surface area contributed by atoms with E-state index in [1.54, 1.807) is 17.8 Å². The molecule has 0 spiro atoms. The Bertz CT molecular complexity index is 947. The number of thioether (sulfide) groups is 1. The molecule has 22 heavy (non-hydrogen) atoms. The Morgan fingerprint density at radius 1 is 1.27 bits per heavy atom. The number of aromatic nitrogens is 2. The van der Waals surface area contributed by atoms with Gasteiger partial charge in [-0.15, -0.1) is 11.8 Å². The number of aromatic carboxylic acids is 1. The van der Waals surface area contributed by atoms with Crippen LogP contribution in [-0.4, -0.2) is 25.7 Å². The minimum atomic E-state index is -1.07. The van der Waals surface area contributed by atoms with Crippen LogP contribution in [0.15, 0.2) is 46.2 Å². The standard InChI is InChI=1S/C16H14N2O3S/c1-9(2)22-11-4-5-13-12(7-11)15(19)18-8-10(16(20)21)3-6-14(18)17-13/h3-9H,1-2H3,(H,20,21). The van der Waals surface area contributed by atoms with Crippen LogP contribution < -0.4 is 5.56 Å². The van der Waals surface area contributed by atoms with Crippen molar-refractivity contribution in [3.63, 3.8) is 0 Å². The van der Waals surface area contributed by atoms with E-state index in [4.69, 9.17) is 5.11 Å². The first kappa shape index (κ1) is 14.6. The quantitative estimate of drug-likeness (QED) is 0.594. The van der Waals surface area contributed by atoms with E-state index in [2.05, 4.69) is 18.8 Å². The summed E-state index contributed by atoms with van der Waals surface area (Å²) in [4.78, 5) is 29.1. The molecule has 1 aromatic carbocycles. The number of benzene rings is 1. The molecule has 0 aliphatic carbocycles. The monoisotopic (exact) mass is 314 g/mol. The molecule has 0 radical (unpaired) electrons. The summed E-state index contributed by atoms with van der Waals surface area (Å²) >= 11 is 1.67. The number of rotatable bonds is 3. The van der Waals surface area contributed by atoms with Gasteiger partial charge >= 0.3 is 5.97 Å². The van der Waals surface area contributed by atoms with Crippen molar-refractivity contribution in [3.8, 4) is 0 Å². The maximum Gasteiger partial charge on any atom is 0.337 e. The normalized spacial score (nSPS) is 11.4. The molecular weight excluding hydrogens is 300 g/mol. The topological polar surface area (TPSA) is 71.7 Å². The van der Waals surface area contributed by atoms with E-state index in [0.29, 0.717) is 21.8 Å². The van der Waals surface area contributed by atoms with Crippen molar-refractivity contribution in [1.82, 2.24) is 9.38 Å². The fourth-order valence-corrected chi connectivity index (χ4v) is 3.13. The number of carbonyl (C=O) groups is 1. The lowest BCUT2D eigenvalue weighted by Crippen LogP contribution is -2.16. The lowest BCUT2D eigenvalue weighted by Gasteiger charge is -2.07. The van der Waals surface area contributed by atoms with E-state index in [9.17, 15) is 9.59 Å². The summed E-state index contributed by atoms with van der Waals surface area (Å²) < 4.78 is 1.29. The molecule has 5 nitrogen and oxygen atoms in total. The third kappa shape index (κ3) is 2.57. The van der Waals surface area contributed by atoms with E-state index >= 15 is 0 Å². The van der Waals surface area contributed by atoms with E-state index in [1.807, 2.05) is 18.2 Å². The van der Waals surface area contributed by atoms with Crippen LogP contribution in [0.25, 0.3) is 16.6 Å². The number of carboxylic acids is 1. The van der Waals surface area contributed by atoms with Crippen LogP contribution in [0.2, 0.25) is 0 Å². The Kier molecular flexibility index (Phi) is 3.62. The van der Waals surface area contributed by atoms with Gasteiger partial charge in [0.2, 0.25) is 0 Å². The number of fused-ring (bicyclic) bond motifs is 2. The highest BCUT2D eigenvalue weighted by atomic mass is 32.2. The number of hydrogen-bond acceptors (Lipinski definition) is 4. The van der Waals surface area contributed by atoms with Gasteiger partial charge in [-0.05, 0) is 30.3 Å². The van der Waals surface area contributed by atoms with Crippen LogP contribution in [0, 0.1) is 0 Å². The third-order valence-electron chi connectivity index (χ3n) is 3.20. The molecule has 0 fully saturated rings. The van der Waals surface area contributed by atoms with Crippen molar-refractivity contribution in [3.05, 3.63) is 52.4 Å². The van der Waals surface area contributed by atoms with Crippen molar-refractivity contribution in [2.45, 2.75) is 24.0 Å². The van der Waals surface area contributed by atoms with Gasteiger partial charge in [-0.2, -0.15) is 0 Å². The zero-order valence-corrected chi connectivity index (χ0v) is 12.9. The fraction of sp³-hybridized carbons (Fsp3) is 0.188. The van der Waals surface area contributed by atoms with Crippen LogP contribution in [0.3, 0.4) is 0 Å². The highest BCUT2D eigenvalue weighted by Crippen LogP contribution is 2.25. The first-order valence-electron chi connectivity index (χ1n) is 6.82. The van der Waals surface area contributed by atoms with Gasteiger partial charge in [-0.1, -0.05) is 13.8 Å². The van der Waals surface area contributed by atoms with Gasteiger partial charge in [0, 0.05) is 16.3 Å². The summed E-state index contributed by atoms with van der Waals surface area (Å²) in [6.07, 6.45) is 1.31. The summed E-state index contributed by atoms with van der Waals surface area (Å²) in [5.74, 6) is -1.07. The van der Waals surface area contributed by atoms with Crippen molar-refractivity contribution >= 4 is 34.3 Å². The molecule has 2 aromatic heterocycles. The largest absolute Gasteiger partial charge is 0.478 e. The lowest BCUT2D eigenvalue weighted by molar-refractivity contribution is 0.0696. The maximum atomic E-state index is 12.6. The highest BCUT2D eigenvalue weighted by Gasteiger charge is 2.10.